The first-order valence-electron chi connectivity index (χ1n) is 7.34. The molecule has 19 heavy (non-hydrogen) atoms. The van der Waals surface area contributed by atoms with Crippen molar-refractivity contribution >= 4 is 5.91 Å². The van der Waals surface area contributed by atoms with Crippen molar-refractivity contribution in [1.82, 2.24) is 10.6 Å². The standard InChI is InChI=1S/C16H24N2O/c1-2-14(11-13-7-4-3-5-8-13)18-16(19)12-15-9-6-10-17-15/h3-5,7-8,14-15,17H,2,6,9-12H2,1H3,(H,18,19). The highest BCUT2D eigenvalue weighted by Crippen LogP contribution is 2.10. The third-order valence-electron chi connectivity index (χ3n) is 3.78. The molecular weight excluding hydrogens is 236 g/mol. The summed E-state index contributed by atoms with van der Waals surface area (Å²) in [6.07, 6.45) is 4.83. The van der Waals surface area contributed by atoms with Gasteiger partial charge in [-0.25, -0.2) is 0 Å². The van der Waals surface area contributed by atoms with Gasteiger partial charge in [0.2, 0.25) is 5.91 Å². The first kappa shape index (κ1) is 14.1. The fourth-order valence-corrected chi connectivity index (χ4v) is 2.64. The molecule has 0 spiro atoms. The zero-order valence-electron chi connectivity index (χ0n) is 11.7. The number of rotatable bonds is 6. The van der Waals surface area contributed by atoms with Crippen LogP contribution in [0.2, 0.25) is 0 Å². The van der Waals surface area contributed by atoms with Crippen LogP contribution in [0.25, 0.3) is 0 Å². The summed E-state index contributed by atoms with van der Waals surface area (Å²) in [7, 11) is 0. The molecule has 3 heteroatoms. The smallest absolute Gasteiger partial charge is 0.221 e. The largest absolute Gasteiger partial charge is 0.353 e. The van der Waals surface area contributed by atoms with E-state index in [2.05, 4.69) is 29.7 Å². The third kappa shape index (κ3) is 4.67. The number of nitrogens with one attached hydrogen (secondary N) is 2. The van der Waals surface area contributed by atoms with Crippen molar-refractivity contribution in [1.29, 1.82) is 0 Å². The maximum absolute atomic E-state index is 12.0. The Labute approximate surface area is 115 Å². The highest BCUT2D eigenvalue weighted by molar-refractivity contribution is 5.77. The Morgan fingerprint density at radius 3 is 2.84 bits per heavy atom. The van der Waals surface area contributed by atoms with Gasteiger partial charge in [-0.05, 0) is 37.8 Å². The fraction of sp³-hybridized carbons (Fsp3) is 0.562. The molecule has 0 bridgehead atoms. The van der Waals surface area contributed by atoms with E-state index in [-0.39, 0.29) is 11.9 Å². The van der Waals surface area contributed by atoms with Crippen molar-refractivity contribution < 1.29 is 4.79 Å². The molecule has 0 radical (unpaired) electrons. The SMILES string of the molecule is CCC(Cc1ccccc1)NC(=O)CC1CCCN1. The highest BCUT2D eigenvalue weighted by Gasteiger charge is 2.19. The second kappa shape index (κ2) is 7.29. The van der Waals surface area contributed by atoms with Crippen LogP contribution in [-0.2, 0) is 11.2 Å². The molecule has 0 saturated carbocycles. The molecule has 2 atom stereocenters. The molecule has 3 nitrogen and oxygen atoms in total. The van der Waals surface area contributed by atoms with E-state index in [1.807, 2.05) is 18.2 Å². The molecule has 2 unspecified atom stereocenters. The molecule has 1 fully saturated rings. The normalized spacial score (nSPS) is 20.2. The van der Waals surface area contributed by atoms with Gasteiger partial charge in [0.15, 0.2) is 0 Å². The van der Waals surface area contributed by atoms with Crippen LogP contribution in [0.5, 0.6) is 0 Å². The van der Waals surface area contributed by atoms with Crippen LogP contribution in [0.4, 0.5) is 0 Å². The Hall–Kier alpha value is -1.35. The lowest BCUT2D eigenvalue weighted by atomic mass is 10.0. The van der Waals surface area contributed by atoms with E-state index in [4.69, 9.17) is 0 Å². The molecule has 1 heterocycles. The summed E-state index contributed by atoms with van der Waals surface area (Å²) in [4.78, 5) is 12.0. The number of hydrogen-bond donors (Lipinski definition) is 2. The Morgan fingerprint density at radius 2 is 2.21 bits per heavy atom. The summed E-state index contributed by atoms with van der Waals surface area (Å²) >= 11 is 0. The minimum atomic E-state index is 0.183. The number of carbonyl (C=O) groups excluding carboxylic acids is 1. The molecule has 1 aliphatic heterocycles. The van der Waals surface area contributed by atoms with Gasteiger partial charge in [-0.15, -0.1) is 0 Å². The number of carbonyl (C=O) groups is 1. The zero-order valence-corrected chi connectivity index (χ0v) is 11.7. The number of hydrogen-bond acceptors (Lipinski definition) is 2. The molecule has 1 aromatic rings. The van der Waals surface area contributed by atoms with Gasteiger partial charge >= 0.3 is 0 Å². The lowest BCUT2D eigenvalue weighted by Crippen LogP contribution is -2.39. The molecule has 2 N–H and O–H groups in total. The summed E-state index contributed by atoms with van der Waals surface area (Å²) in [5.74, 6) is 0.183. The molecule has 2 rings (SSSR count). The molecule has 104 valence electrons. The molecule has 1 amide bonds. The van der Waals surface area contributed by atoms with E-state index in [9.17, 15) is 4.79 Å². The van der Waals surface area contributed by atoms with Gasteiger partial charge in [0.05, 0.1) is 0 Å². The van der Waals surface area contributed by atoms with Gasteiger partial charge in [-0.1, -0.05) is 37.3 Å². The highest BCUT2D eigenvalue weighted by atomic mass is 16.1. The van der Waals surface area contributed by atoms with E-state index in [1.54, 1.807) is 0 Å². The molecule has 1 saturated heterocycles. The Balaban J connectivity index is 1.79. The average Bonchev–Trinajstić information content (AvgIpc) is 2.92. The van der Waals surface area contributed by atoms with Crippen LogP contribution in [0.1, 0.15) is 38.2 Å². The Bertz CT molecular complexity index is 385. The number of benzene rings is 1. The topological polar surface area (TPSA) is 41.1 Å². The summed E-state index contributed by atoms with van der Waals surface area (Å²) < 4.78 is 0. The van der Waals surface area contributed by atoms with Crippen molar-refractivity contribution in [3.63, 3.8) is 0 Å². The van der Waals surface area contributed by atoms with Crippen LogP contribution in [0.15, 0.2) is 30.3 Å². The van der Waals surface area contributed by atoms with Gasteiger partial charge in [0.1, 0.15) is 0 Å². The minimum Gasteiger partial charge on any atom is -0.353 e. The predicted octanol–water partition coefficient (Wildman–Crippen LogP) is 2.27. The average molecular weight is 260 g/mol. The van der Waals surface area contributed by atoms with Crippen LogP contribution < -0.4 is 10.6 Å². The quantitative estimate of drug-likeness (QED) is 0.824. The van der Waals surface area contributed by atoms with Crippen LogP contribution in [-0.4, -0.2) is 24.5 Å². The third-order valence-corrected chi connectivity index (χ3v) is 3.78. The maximum atomic E-state index is 12.0. The van der Waals surface area contributed by atoms with E-state index in [1.165, 1.54) is 12.0 Å². The molecular formula is C16H24N2O. The van der Waals surface area contributed by atoms with E-state index in [0.717, 1.165) is 25.8 Å². The first-order chi connectivity index (χ1) is 9.28. The monoisotopic (exact) mass is 260 g/mol. The second-order valence-electron chi connectivity index (χ2n) is 5.36. The minimum absolute atomic E-state index is 0.183. The summed E-state index contributed by atoms with van der Waals surface area (Å²) in [5.41, 5.74) is 1.29. The van der Waals surface area contributed by atoms with Gasteiger partial charge < -0.3 is 10.6 Å². The summed E-state index contributed by atoms with van der Waals surface area (Å²) in [6.45, 7) is 3.18. The lowest BCUT2D eigenvalue weighted by Gasteiger charge is -2.18. The molecule has 1 aromatic carbocycles. The van der Waals surface area contributed by atoms with Crippen molar-refractivity contribution in [3.8, 4) is 0 Å². The maximum Gasteiger partial charge on any atom is 0.221 e. The molecule has 0 aromatic heterocycles. The first-order valence-corrected chi connectivity index (χ1v) is 7.34. The van der Waals surface area contributed by atoms with E-state index >= 15 is 0 Å². The lowest BCUT2D eigenvalue weighted by molar-refractivity contribution is -0.122. The van der Waals surface area contributed by atoms with Crippen molar-refractivity contribution in [3.05, 3.63) is 35.9 Å². The van der Waals surface area contributed by atoms with Crippen LogP contribution in [0, 0.1) is 0 Å². The zero-order chi connectivity index (χ0) is 13.5. The van der Waals surface area contributed by atoms with Gasteiger partial charge in [0, 0.05) is 18.5 Å². The van der Waals surface area contributed by atoms with E-state index < -0.39 is 0 Å². The molecule has 0 aliphatic carbocycles. The predicted molar refractivity (Wildman–Crippen MR) is 78.0 cm³/mol. The summed E-state index contributed by atoms with van der Waals surface area (Å²) in [6, 6.07) is 11.0. The van der Waals surface area contributed by atoms with Crippen LogP contribution >= 0.6 is 0 Å². The van der Waals surface area contributed by atoms with Crippen LogP contribution in [0.3, 0.4) is 0 Å². The van der Waals surface area contributed by atoms with E-state index in [0.29, 0.717) is 12.5 Å². The second-order valence-corrected chi connectivity index (χ2v) is 5.36. The van der Waals surface area contributed by atoms with Crippen molar-refractivity contribution in [2.24, 2.45) is 0 Å². The van der Waals surface area contributed by atoms with Crippen molar-refractivity contribution in [2.75, 3.05) is 6.54 Å². The fourth-order valence-electron chi connectivity index (χ4n) is 2.64. The van der Waals surface area contributed by atoms with Gasteiger partial charge in [-0.2, -0.15) is 0 Å². The van der Waals surface area contributed by atoms with Crippen molar-refractivity contribution in [2.45, 2.75) is 51.1 Å². The van der Waals surface area contributed by atoms with Gasteiger partial charge in [-0.3, -0.25) is 4.79 Å². The summed E-state index contributed by atoms with van der Waals surface area (Å²) in [5, 5.41) is 6.53. The molecule has 1 aliphatic rings. The van der Waals surface area contributed by atoms with Gasteiger partial charge in [0.25, 0.3) is 0 Å². The number of amides is 1. The Morgan fingerprint density at radius 1 is 1.42 bits per heavy atom. The Kier molecular flexibility index (Phi) is 5.40.